The van der Waals surface area contributed by atoms with Gasteiger partial charge >= 0.3 is 0 Å². The Bertz CT molecular complexity index is 238. The molecule has 62 valence electrons. The number of rotatable bonds is 1. The van der Waals surface area contributed by atoms with Crippen LogP contribution < -0.4 is 11.3 Å². The minimum Gasteiger partial charge on any atom is -0.308 e. The Balaban J connectivity index is 0.000001000. The summed E-state index contributed by atoms with van der Waals surface area (Å²) in [4.78, 5) is 8.02. The van der Waals surface area contributed by atoms with Crippen molar-refractivity contribution >= 4 is 18.2 Å². The van der Waals surface area contributed by atoms with E-state index in [9.17, 15) is 0 Å². The zero-order valence-electron chi connectivity index (χ0n) is 6.46. The van der Waals surface area contributed by atoms with Crippen LogP contribution in [0.25, 0.3) is 0 Å². The molecule has 0 fully saturated rings. The number of nitrogens with one attached hydrogen (secondary N) is 1. The van der Waals surface area contributed by atoms with Gasteiger partial charge in [-0.3, -0.25) is 0 Å². The van der Waals surface area contributed by atoms with Crippen molar-refractivity contribution in [2.45, 2.75) is 13.8 Å². The van der Waals surface area contributed by atoms with Gasteiger partial charge in [0.1, 0.15) is 11.6 Å². The Morgan fingerprint density at radius 2 is 2.09 bits per heavy atom. The molecule has 0 spiro atoms. The molecule has 11 heavy (non-hydrogen) atoms. The van der Waals surface area contributed by atoms with Crippen molar-refractivity contribution in [3.8, 4) is 0 Å². The molecule has 5 heteroatoms. The van der Waals surface area contributed by atoms with Crippen molar-refractivity contribution in [2.75, 3.05) is 5.43 Å². The number of aromatic nitrogens is 2. The number of halogens is 1. The first-order valence-electron chi connectivity index (χ1n) is 3.01. The Morgan fingerprint density at radius 1 is 1.45 bits per heavy atom. The number of nitrogens with zero attached hydrogens (tertiary/aromatic N) is 2. The summed E-state index contributed by atoms with van der Waals surface area (Å²) in [6.07, 6.45) is 1.73. The van der Waals surface area contributed by atoms with Crippen molar-refractivity contribution in [1.82, 2.24) is 9.97 Å². The largest absolute Gasteiger partial charge is 0.308 e. The molecule has 1 heterocycles. The SMILES string of the molecule is Cc1ncc(C)c(NN)n1.Cl. The molecule has 0 aliphatic carbocycles. The van der Waals surface area contributed by atoms with E-state index in [-0.39, 0.29) is 12.4 Å². The number of hydrogen-bond acceptors (Lipinski definition) is 4. The molecule has 0 saturated heterocycles. The van der Waals surface area contributed by atoms with Crippen molar-refractivity contribution < 1.29 is 0 Å². The molecule has 0 saturated carbocycles. The van der Waals surface area contributed by atoms with Gasteiger partial charge in [-0.1, -0.05) is 0 Å². The predicted octanol–water partition coefficient (Wildman–Crippen LogP) is 0.801. The van der Waals surface area contributed by atoms with Crippen LogP contribution in [0.4, 0.5) is 5.82 Å². The smallest absolute Gasteiger partial charge is 0.146 e. The van der Waals surface area contributed by atoms with E-state index >= 15 is 0 Å². The lowest BCUT2D eigenvalue weighted by atomic mass is 10.3. The minimum atomic E-state index is 0. The van der Waals surface area contributed by atoms with E-state index in [0.717, 1.165) is 11.4 Å². The third kappa shape index (κ3) is 2.32. The average Bonchev–Trinajstić information content (AvgIpc) is 1.94. The van der Waals surface area contributed by atoms with Crippen LogP contribution in [0.5, 0.6) is 0 Å². The van der Waals surface area contributed by atoms with Gasteiger partial charge in [0.05, 0.1) is 0 Å². The normalized spacial score (nSPS) is 8.64. The maximum atomic E-state index is 5.18. The first-order chi connectivity index (χ1) is 4.74. The summed E-state index contributed by atoms with van der Waals surface area (Å²) in [5, 5.41) is 0. The van der Waals surface area contributed by atoms with E-state index in [1.54, 1.807) is 6.20 Å². The number of aryl methyl sites for hydroxylation is 2. The van der Waals surface area contributed by atoms with Crippen molar-refractivity contribution in [3.63, 3.8) is 0 Å². The molecule has 0 aliphatic heterocycles. The summed E-state index contributed by atoms with van der Waals surface area (Å²) in [6, 6.07) is 0. The molecule has 0 unspecified atom stereocenters. The molecule has 0 atom stereocenters. The number of nitrogen functional groups attached to an aromatic ring is 1. The van der Waals surface area contributed by atoms with Gasteiger partial charge in [-0.15, -0.1) is 12.4 Å². The maximum Gasteiger partial charge on any atom is 0.146 e. The summed E-state index contributed by atoms with van der Waals surface area (Å²) < 4.78 is 0. The van der Waals surface area contributed by atoms with Crippen LogP contribution in [-0.4, -0.2) is 9.97 Å². The fourth-order valence-electron chi connectivity index (χ4n) is 0.676. The molecule has 0 radical (unpaired) electrons. The van der Waals surface area contributed by atoms with Crippen LogP contribution in [0.2, 0.25) is 0 Å². The summed E-state index contributed by atoms with van der Waals surface area (Å²) in [6.45, 7) is 3.72. The zero-order valence-corrected chi connectivity index (χ0v) is 7.27. The molecule has 0 aliphatic rings. The summed E-state index contributed by atoms with van der Waals surface area (Å²) in [7, 11) is 0. The molecular formula is C6H11ClN4. The molecule has 1 rings (SSSR count). The Kier molecular flexibility index (Phi) is 3.78. The highest BCUT2D eigenvalue weighted by Crippen LogP contribution is 2.06. The fourth-order valence-corrected chi connectivity index (χ4v) is 0.676. The predicted molar refractivity (Wildman–Crippen MR) is 46.6 cm³/mol. The minimum absolute atomic E-state index is 0. The number of hydrogen-bond donors (Lipinski definition) is 2. The van der Waals surface area contributed by atoms with Crippen LogP contribution in [-0.2, 0) is 0 Å². The van der Waals surface area contributed by atoms with Gasteiger partial charge in [0.15, 0.2) is 0 Å². The maximum absolute atomic E-state index is 5.18. The molecule has 1 aromatic heterocycles. The van der Waals surface area contributed by atoms with Gasteiger partial charge in [0.25, 0.3) is 0 Å². The van der Waals surface area contributed by atoms with Gasteiger partial charge in [0, 0.05) is 11.8 Å². The van der Waals surface area contributed by atoms with Crippen LogP contribution in [0.3, 0.4) is 0 Å². The first kappa shape index (κ1) is 10.1. The summed E-state index contributed by atoms with van der Waals surface area (Å²) in [5.74, 6) is 6.59. The molecule has 4 nitrogen and oxygen atoms in total. The Labute approximate surface area is 71.6 Å². The molecule has 3 N–H and O–H groups in total. The highest BCUT2D eigenvalue weighted by atomic mass is 35.5. The zero-order chi connectivity index (χ0) is 7.56. The standard InChI is InChI=1S/C6H10N4.ClH/c1-4-3-8-5(2)9-6(4)10-7;/h3H,7H2,1-2H3,(H,8,9,10);1H. The lowest BCUT2D eigenvalue weighted by Gasteiger charge is -2.01. The molecule has 0 aromatic carbocycles. The summed E-state index contributed by atoms with van der Waals surface area (Å²) >= 11 is 0. The molecule has 0 amide bonds. The summed E-state index contributed by atoms with van der Waals surface area (Å²) in [5.41, 5.74) is 3.44. The highest BCUT2D eigenvalue weighted by Gasteiger charge is 1.96. The molecule has 0 bridgehead atoms. The fraction of sp³-hybridized carbons (Fsp3) is 0.333. The number of nitrogens with two attached hydrogens (primary N) is 1. The van der Waals surface area contributed by atoms with E-state index < -0.39 is 0 Å². The second kappa shape index (κ2) is 4.10. The van der Waals surface area contributed by atoms with Gasteiger partial charge in [0.2, 0.25) is 0 Å². The lowest BCUT2D eigenvalue weighted by Crippen LogP contribution is -2.11. The van der Waals surface area contributed by atoms with Crippen molar-refractivity contribution in [1.29, 1.82) is 0 Å². The van der Waals surface area contributed by atoms with Crippen LogP contribution in [0, 0.1) is 13.8 Å². The third-order valence-corrected chi connectivity index (χ3v) is 1.23. The molecule has 1 aromatic rings. The topological polar surface area (TPSA) is 63.8 Å². The van der Waals surface area contributed by atoms with Gasteiger partial charge in [-0.25, -0.2) is 15.8 Å². The third-order valence-electron chi connectivity index (χ3n) is 1.23. The highest BCUT2D eigenvalue weighted by molar-refractivity contribution is 5.85. The van der Waals surface area contributed by atoms with E-state index in [0.29, 0.717) is 5.82 Å². The van der Waals surface area contributed by atoms with Crippen molar-refractivity contribution in [3.05, 3.63) is 17.6 Å². The van der Waals surface area contributed by atoms with Crippen LogP contribution in [0.1, 0.15) is 11.4 Å². The number of anilines is 1. The van der Waals surface area contributed by atoms with Gasteiger partial charge in [-0.05, 0) is 13.8 Å². The Morgan fingerprint density at radius 3 is 2.55 bits per heavy atom. The average molecular weight is 175 g/mol. The first-order valence-corrected chi connectivity index (χ1v) is 3.01. The van der Waals surface area contributed by atoms with Crippen LogP contribution in [0.15, 0.2) is 6.20 Å². The lowest BCUT2D eigenvalue weighted by molar-refractivity contribution is 1.02. The number of hydrazine groups is 1. The quantitative estimate of drug-likeness (QED) is 0.489. The van der Waals surface area contributed by atoms with Crippen molar-refractivity contribution in [2.24, 2.45) is 5.84 Å². The second-order valence-electron chi connectivity index (χ2n) is 2.09. The van der Waals surface area contributed by atoms with E-state index in [4.69, 9.17) is 5.84 Å². The second-order valence-corrected chi connectivity index (χ2v) is 2.09. The van der Waals surface area contributed by atoms with E-state index in [2.05, 4.69) is 15.4 Å². The van der Waals surface area contributed by atoms with Crippen LogP contribution >= 0.6 is 12.4 Å². The monoisotopic (exact) mass is 174 g/mol. The van der Waals surface area contributed by atoms with Gasteiger partial charge < -0.3 is 5.43 Å². The van der Waals surface area contributed by atoms with E-state index in [1.165, 1.54) is 0 Å². The van der Waals surface area contributed by atoms with E-state index in [1.807, 2.05) is 13.8 Å². The van der Waals surface area contributed by atoms with Gasteiger partial charge in [-0.2, -0.15) is 0 Å². The molecular weight excluding hydrogens is 164 g/mol. The Hall–Kier alpha value is -0.870.